The second kappa shape index (κ2) is 8.04. The Bertz CT molecular complexity index is 512. The van der Waals surface area contributed by atoms with Crippen molar-refractivity contribution in [1.29, 1.82) is 0 Å². The van der Waals surface area contributed by atoms with E-state index in [4.69, 9.17) is 4.74 Å². The first-order valence-electron chi connectivity index (χ1n) is 6.46. The number of allylic oxidation sites excluding steroid dienone is 4. The summed E-state index contributed by atoms with van der Waals surface area (Å²) in [6, 6.07) is 0. The zero-order valence-electron chi connectivity index (χ0n) is 12.3. The van der Waals surface area contributed by atoms with Crippen LogP contribution in [0.1, 0.15) is 13.3 Å². The fraction of sp³-hybridized carbons (Fsp3) is 0.400. The summed E-state index contributed by atoms with van der Waals surface area (Å²) < 4.78 is 14.2. The maximum Gasteiger partial charge on any atom is 0.338 e. The Kier molecular flexibility index (Phi) is 6.39. The molecule has 0 bridgehead atoms. The highest BCUT2D eigenvalue weighted by Crippen LogP contribution is 2.22. The van der Waals surface area contributed by atoms with Crippen LogP contribution in [-0.4, -0.2) is 38.7 Å². The largest absolute Gasteiger partial charge is 0.466 e. The fourth-order valence-electron chi connectivity index (χ4n) is 1.86. The van der Waals surface area contributed by atoms with Gasteiger partial charge >= 0.3 is 17.9 Å². The topological polar surface area (TPSA) is 78.9 Å². The van der Waals surface area contributed by atoms with Gasteiger partial charge in [0.25, 0.3) is 0 Å². The minimum Gasteiger partial charge on any atom is -0.466 e. The van der Waals surface area contributed by atoms with Crippen molar-refractivity contribution in [3.63, 3.8) is 0 Å². The molecule has 114 valence electrons. The minimum absolute atomic E-state index is 0.0728. The van der Waals surface area contributed by atoms with Crippen molar-refractivity contribution in [3.8, 4) is 0 Å². The number of hydrogen-bond acceptors (Lipinski definition) is 6. The Hall–Kier alpha value is -2.37. The molecule has 21 heavy (non-hydrogen) atoms. The molecule has 1 atom stereocenters. The quantitative estimate of drug-likeness (QED) is 0.562. The summed E-state index contributed by atoms with van der Waals surface area (Å²) in [5.41, 5.74) is 0.163. The molecule has 0 aliphatic heterocycles. The number of carbonyl (C=O) groups is 3. The molecule has 1 rings (SSSR count). The van der Waals surface area contributed by atoms with E-state index in [1.807, 2.05) is 0 Å². The molecule has 0 fully saturated rings. The molecule has 0 heterocycles. The Morgan fingerprint density at radius 2 is 1.71 bits per heavy atom. The Labute approximate surface area is 123 Å². The van der Waals surface area contributed by atoms with Gasteiger partial charge in [-0.3, -0.25) is 4.79 Å². The second-order valence-electron chi connectivity index (χ2n) is 4.20. The SMILES string of the molecule is CCOC(=O)CC1C=CC=C(C(=O)OC)C(C(=O)OC)=C1. The molecule has 0 N–H and O–H groups in total. The third-order valence-corrected chi connectivity index (χ3v) is 2.81. The molecule has 0 aromatic rings. The molecular formula is C15H18O6. The summed E-state index contributed by atoms with van der Waals surface area (Å²) in [6.45, 7) is 2.00. The van der Waals surface area contributed by atoms with Gasteiger partial charge in [0.1, 0.15) is 0 Å². The van der Waals surface area contributed by atoms with E-state index in [0.29, 0.717) is 0 Å². The van der Waals surface area contributed by atoms with Crippen LogP contribution in [0.15, 0.2) is 35.5 Å². The molecule has 0 saturated carbocycles. The minimum atomic E-state index is -0.663. The molecular weight excluding hydrogens is 276 g/mol. The lowest BCUT2D eigenvalue weighted by molar-refractivity contribution is -0.143. The van der Waals surface area contributed by atoms with Gasteiger partial charge < -0.3 is 14.2 Å². The van der Waals surface area contributed by atoms with E-state index >= 15 is 0 Å². The monoisotopic (exact) mass is 294 g/mol. The van der Waals surface area contributed by atoms with Crippen LogP contribution in [0.4, 0.5) is 0 Å². The van der Waals surface area contributed by atoms with Crippen LogP contribution in [0, 0.1) is 5.92 Å². The summed E-state index contributed by atoms with van der Waals surface area (Å²) in [7, 11) is 2.44. The molecule has 1 aliphatic rings. The molecule has 0 aromatic heterocycles. The molecule has 0 spiro atoms. The van der Waals surface area contributed by atoms with Crippen LogP contribution in [0.3, 0.4) is 0 Å². The molecule has 0 saturated heterocycles. The normalized spacial score (nSPS) is 17.2. The number of carbonyl (C=O) groups excluding carboxylic acids is 3. The van der Waals surface area contributed by atoms with Crippen LogP contribution >= 0.6 is 0 Å². The van der Waals surface area contributed by atoms with E-state index in [2.05, 4.69) is 9.47 Å². The number of esters is 3. The lowest BCUT2D eigenvalue weighted by Crippen LogP contribution is -2.16. The smallest absolute Gasteiger partial charge is 0.338 e. The second-order valence-corrected chi connectivity index (χ2v) is 4.20. The van der Waals surface area contributed by atoms with Crippen LogP contribution in [-0.2, 0) is 28.6 Å². The van der Waals surface area contributed by atoms with Crippen LogP contribution in [0.2, 0.25) is 0 Å². The van der Waals surface area contributed by atoms with E-state index in [0.717, 1.165) is 0 Å². The third-order valence-electron chi connectivity index (χ3n) is 2.81. The van der Waals surface area contributed by atoms with Crippen LogP contribution in [0.25, 0.3) is 0 Å². The van der Waals surface area contributed by atoms with Crippen LogP contribution < -0.4 is 0 Å². The Balaban J connectivity index is 3.05. The first kappa shape index (κ1) is 16.7. The van der Waals surface area contributed by atoms with Crippen LogP contribution in [0.5, 0.6) is 0 Å². The van der Waals surface area contributed by atoms with Gasteiger partial charge in [0.2, 0.25) is 0 Å². The van der Waals surface area contributed by atoms with Gasteiger partial charge in [0.05, 0.1) is 38.4 Å². The van der Waals surface area contributed by atoms with Crippen molar-refractivity contribution in [1.82, 2.24) is 0 Å². The van der Waals surface area contributed by atoms with Crippen molar-refractivity contribution in [3.05, 3.63) is 35.5 Å². The standard InChI is InChI=1S/C15H18O6/c1-4-21-13(16)9-10-6-5-7-11(14(17)19-2)12(8-10)15(18)20-3/h5-8,10H,4,9H2,1-3H3. The average molecular weight is 294 g/mol. The number of hydrogen-bond donors (Lipinski definition) is 0. The molecule has 1 unspecified atom stereocenters. The third kappa shape index (κ3) is 4.59. The van der Waals surface area contributed by atoms with Crippen molar-refractivity contribution in [2.45, 2.75) is 13.3 Å². The van der Waals surface area contributed by atoms with E-state index in [1.165, 1.54) is 26.4 Å². The summed E-state index contributed by atoms with van der Waals surface area (Å²) >= 11 is 0. The zero-order chi connectivity index (χ0) is 15.8. The Morgan fingerprint density at radius 3 is 2.29 bits per heavy atom. The van der Waals surface area contributed by atoms with Crippen molar-refractivity contribution >= 4 is 17.9 Å². The highest BCUT2D eigenvalue weighted by Gasteiger charge is 2.25. The lowest BCUT2D eigenvalue weighted by atomic mass is 9.99. The van der Waals surface area contributed by atoms with E-state index in [9.17, 15) is 14.4 Å². The number of rotatable bonds is 5. The van der Waals surface area contributed by atoms with Gasteiger partial charge in [-0.2, -0.15) is 0 Å². The molecule has 1 aliphatic carbocycles. The van der Waals surface area contributed by atoms with Gasteiger partial charge in [-0.15, -0.1) is 0 Å². The summed E-state index contributed by atoms with van der Waals surface area (Å²) in [4.78, 5) is 35.1. The van der Waals surface area contributed by atoms with Gasteiger partial charge in [-0.1, -0.05) is 18.2 Å². The first-order chi connectivity index (χ1) is 10.0. The van der Waals surface area contributed by atoms with Gasteiger partial charge in [-0.25, -0.2) is 9.59 Å². The predicted octanol–water partition coefficient (Wildman–Crippen LogP) is 1.32. The van der Waals surface area contributed by atoms with Crippen molar-refractivity contribution in [2.75, 3.05) is 20.8 Å². The summed E-state index contributed by atoms with van der Waals surface area (Å²) in [5, 5.41) is 0. The van der Waals surface area contributed by atoms with Gasteiger partial charge in [0.15, 0.2) is 0 Å². The maximum atomic E-state index is 11.8. The molecule has 6 nitrogen and oxygen atoms in total. The van der Waals surface area contributed by atoms with E-state index in [-0.39, 0.29) is 36.1 Å². The highest BCUT2D eigenvalue weighted by atomic mass is 16.5. The summed E-state index contributed by atoms with van der Waals surface area (Å²) in [6.07, 6.45) is 6.35. The fourth-order valence-corrected chi connectivity index (χ4v) is 1.86. The summed E-state index contributed by atoms with van der Waals surface area (Å²) in [5.74, 6) is -2.05. The molecule has 0 aromatic carbocycles. The zero-order valence-corrected chi connectivity index (χ0v) is 12.3. The predicted molar refractivity (Wildman–Crippen MR) is 74.1 cm³/mol. The average Bonchev–Trinajstić information content (AvgIpc) is 2.68. The Morgan fingerprint density at radius 1 is 1.10 bits per heavy atom. The van der Waals surface area contributed by atoms with Crippen molar-refractivity contribution in [2.24, 2.45) is 5.92 Å². The molecule has 6 heteroatoms. The number of ether oxygens (including phenoxy) is 3. The van der Waals surface area contributed by atoms with E-state index < -0.39 is 11.9 Å². The molecule has 0 radical (unpaired) electrons. The van der Waals surface area contributed by atoms with Gasteiger partial charge in [-0.05, 0) is 13.0 Å². The highest BCUT2D eigenvalue weighted by molar-refractivity contribution is 6.07. The first-order valence-corrected chi connectivity index (χ1v) is 6.46. The van der Waals surface area contributed by atoms with E-state index in [1.54, 1.807) is 19.1 Å². The molecule has 0 amide bonds. The van der Waals surface area contributed by atoms with Gasteiger partial charge in [0, 0.05) is 5.92 Å². The number of methoxy groups -OCH3 is 2. The lowest BCUT2D eigenvalue weighted by Gasteiger charge is -2.10. The van der Waals surface area contributed by atoms with Crippen molar-refractivity contribution < 1.29 is 28.6 Å². The maximum absolute atomic E-state index is 11.8.